The Kier molecular flexibility index (Phi) is 3.38. The average Bonchev–Trinajstić information content (AvgIpc) is 2.54. The molecule has 4 heteroatoms. The molecule has 2 bridgehead atoms. The lowest BCUT2D eigenvalue weighted by Gasteiger charge is -2.40. The zero-order valence-electron chi connectivity index (χ0n) is 10.6. The summed E-state index contributed by atoms with van der Waals surface area (Å²) < 4.78 is 0. The Balaban J connectivity index is 1.99. The fraction of sp³-hybridized carbons (Fsp3) is 0.917. The maximum atomic E-state index is 12.2. The quantitative estimate of drug-likeness (QED) is 0.706. The minimum absolute atomic E-state index is 0.231. The highest BCUT2D eigenvalue weighted by molar-refractivity contribution is 5.74. The van der Waals surface area contributed by atoms with Crippen LogP contribution in [0.15, 0.2) is 0 Å². The monoisotopic (exact) mass is 225 g/mol. The van der Waals surface area contributed by atoms with Gasteiger partial charge in [0.15, 0.2) is 0 Å². The molecule has 2 saturated heterocycles. The summed E-state index contributed by atoms with van der Waals surface area (Å²) >= 11 is 0. The third-order valence-electron chi connectivity index (χ3n) is 4.15. The van der Waals surface area contributed by atoms with E-state index in [4.69, 9.17) is 0 Å². The summed E-state index contributed by atoms with van der Waals surface area (Å²) in [5.74, 6) is 0. The molecule has 0 aromatic carbocycles. The van der Waals surface area contributed by atoms with Crippen molar-refractivity contribution in [2.75, 3.05) is 33.2 Å². The number of piperazine rings is 1. The smallest absolute Gasteiger partial charge is 0.320 e. The number of carbonyl (C=O) groups is 1. The van der Waals surface area contributed by atoms with Crippen molar-refractivity contribution in [3.8, 4) is 0 Å². The van der Waals surface area contributed by atoms with Crippen molar-refractivity contribution in [3.63, 3.8) is 0 Å². The Hall–Kier alpha value is -0.770. The SMILES string of the molecule is CCN(CC)C(=O)N1C[C@H]2CC[C@@H](C1)N2C. The van der Waals surface area contributed by atoms with Crippen molar-refractivity contribution >= 4 is 6.03 Å². The molecule has 0 spiro atoms. The Bertz CT molecular complexity index is 251. The van der Waals surface area contributed by atoms with Crippen molar-refractivity contribution in [1.29, 1.82) is 0 Å². The summed E-state index contributed by atoms with van der Waals surface area (Å²) in [7, 11) is 2.20. The standard InChI is InChI=1S/C12H23N3O/c1-4-14(5-2)12(16)15-8-10-6-7-11(9-15)13(10)3/h10-11H,4-9H2,1-3H3/t10-,11+. The summed E-state index contributed by atoms with van der Waals surface area (Å²) in [4.78, 5) is 18.6. The average molecular weight is 225 g/mol. The van der Waals surface area contributed by atoms with E-state index in [2.05, 4.69) is 16.8 Å². The van der Waals surface area contributed by atoms with Gasteiger partial charge in [-0.3, -0.25) is 4.90 Å². The molecular weight excluding hydrogens is 202 g/mol. The van der Waals surface area contributed by atoms with Crippen molar-refractivity contribution < 1.29 is 4.79 Å². The van der Waals surface area contributed by atoms with Crippen LogP contribution < -0.4 is 0 Å². The van der Waals surface area contributed by atoms with Gasteiger partial charge in [-0.25, -0.2) is 4.79 Å². The van der Waals surface area contributed by atoms with Gasteiger partial charge < -0.3 is 9.80 Å². The van der Waals surface area contributed by atoms with Crippen LogP contribution in [0.2, 0.25) is 0 Å². The molecule has 0 radical (unpaired) electrons. The van der Waals surface area contributed by atoms with Gasteiger partial charge in [0.05, 0.1) is 0 Å². The number of likely N-dealkylation sites (N-methyl/N-ethyl adjacent to an activating group) is 1. The molecule has 2 heterocycles. The molecule has 0 unspecified atom stereocenters. The van der Waals surface area contributed by atoms with E-state index < -0.39 is 0 Å². The first-order valence-electron chi connectivity index (χ1n) is 6.43. The number of amides is 2. The number of rotatable bonds is 2. The van der Waals surface area contributed by atoms with Gasteiger partial charge in [0.25, 0.3) is 0 Å². The molecule has 0 aliphatic carbocycles. The van der Waals surface area contributed by atoms with Crippen LogP contribution in [0.5, 0.6) is 0 Å². The van der Waals surface area contributed by atoms with E-state index in [0.717, 1.165) is 26.2 Å². The van der Waals surface area contributed by atoms with Crippen LogP contribution >= 0.6 is 0 Å². The number of likely N-dealkylation sites (tertiary alicyclic amines) is 1. The predicted molar refractivity (Wildman–Crippen MR) is 64.5 cm³/mol. The lowest BCUT2D eigenvalue weighted by Crippen LogP contribution is -2.56. The molecule has 92 valence electrons. The second-order valence-corrected chi connectivity index (χ2v) is 4.91. The molecule has 0 saturated carbocycles. The number of carbonyl (C=O) groups excluding carboxylic acids is 1. The maximum absolute atomic E-state index is 12.2. The highest BCUT2D eigenvalue weighted by Gasteiger charge is 2.39. The second-order valence-electron chi connectivity index (χ2n) is 4.91. The summed E-state index contributed by atoms with van der Waals surface area (Å²) in [6, 6.07) is 1.42. The van der Waals surface area contributed by atoms with Crippen LogP contribution in [0, 0.1) is 0 Å². The van der Waals surface area contributed by atoms with Gasteiger partial charge in [0.1, 0.15) is 0 Å². The van der Waals surface area contributed by atoms with Gasteiger partial charge in [-0.15, -0.1) is 0 Å². The lowest BCUT2D eigenvalue weighted by molar-refractivity contribution is 0.0864. The number of urea groups is 1. The van der Waals surface area contributed by atoms with Crippen molar-refractivity contribution in [2.45, 2.75) is 38.8 Å². The molecule has 2 atom stereocenters. The van der Waals surface area contributed by atoms with E-state index >= 15 is 0 Å². The van der Waals surface area contributed by atoms with Crippen molar-refractivity contribution in [2.24, 2.45) is 0 Å². The largest absolute Gasteiger partial charge is 0.325 e. The Morgan fingerprint density at radius 1 is 1.19 bits per heavy atom. The Morgan fingerprint density at radius 2 is 1.69 bits per heavy atom. The molecule has 4 nitrogen and oxygen atoms in total. The van der Waals surface area contributed by atoms with Gasteiger partial charge in [-0.1, -0.05) is 0 Å². The highest BCUT2D eigenvalue weighted by atomic mass is 16.2. The first-order chi connectivity index (χ1) is 7.67. The molecule has 2 aliphatic heterocycles. The Labute approximate surface area is 98.2 Å². The molecule has 16 heavy (non-hydrogen) atoms. The summed E-state index contributed by atoms with van der Waals surface area (Å²) in [5, 5.41) is 0. The van der Waals surface area contributed by atoms with Gasteiger partial charge >= 0.3 is 6.03 Å². The highest BCUT2D eigenvalue weighted by Crippen LogP contribution is 2.28. The minimum Gasteiger partial charge on any atom is -0.325 e. The van der Waals surface area contributed by atoms with Crippen LogP contribution in [0.1, 0.15) is 26.7 Å². The second kappa shape index (κ2) is 4.62. The van der Waals surface area contributed by atoms with Crippen LogP contribution in [0.4, 0.5) is 4.79 Å². The fourth-order valence-electron chi connectivity index (χ4n) is 2.96. The van der Waals surface area contributed by atoms with Crippen molar-refractivity contribution in [1.82, 2.24) is 14.7 Å². The van der Waals surface area contributed by atoms with Gasteiger partial charge in [0.2, 0.25) is 0 Å². The van der Waals surface area contributed by atoms with E-state index in [0.29, 0.717) is 12.1 Å². The number of hydrogen-bond acceptors (Lipinski definition) is 2. The third-order valence-corrected chi connectivity index (χ3v) is 4.15. The summed E-state index contributed by atoms with van der Waals surface area (Å²) in [6.07, 6.45) is 2.51. The van der Waals surface area contributed by atoms with E-state index in [9.17, 15) is 4.79 Å². The molecular formula is C12H23N3O. The number of nitrogens with zero attached hydrogens (tertiary/aromatic N) is 3. The minimum atomic E-state index is 0.231. The summed E-state index contributed by atoms with van der Waals surface area (Å²) in [5.41, 5.74) is 0. The van der Waals surface area contributed by atoms with Crippen LogP contribution in [-0.4, -0.2) is 66.0 Å². The van der Waals surface area contributed by atoms with Gasteiger partial charge in [0, 0.05) is 38.3 Å². The normalized spacial score (nSPS) is 29.6. The van der Waals surface area contributed by atoms with Crippen LogP contribution in [0.25, 0.3) is 0 Å². The van der Waals surface area contributed by atoms with E-state index in [1.165, 1.54) is 12.8 Å². The van der Waals surface area contributed by atoms with Gasteiger partial charge in [-0.05, 0) is 33.7 Å². The molecule has 2 amide bonds. The van der Waals surface area contributed by atoms with Crippen LogP contribution in [0.3, 0.4) is 0 Å². The van der Waals surface area contributed by atoms with Crippen molar-refractivity contribution in [3.05, 3.63) is 0 Å². The molecule has 2 aliphatic rings. The lowest BCUT2D eigenvalue weighted by atomic mass is 10.2. The number of fused-ring (bicyclic) bond motifs is 2. The first kappa shape index (κ1) is 11.7. The van der Waals surface area contributed by atoms with Crippen LogP contribution in [-0.2, 0) is 0 Å². The predicted octanol–water partition coefficient (Wildman–Crippen LogP) is 1.23. The zero-order valence-corrected chi connectivity index (χ0v) is 10.6. The molecule has 0 aromatic heterocycles. The van der Waals surface area contributed by atoms with E-state index in [1.54, 1.807) is 0 Å². The Morgan fingerprint density at radius 3 is 2.12 bits per heavy atom. The molecule has 0 N–H and O–H groups in total. The number of hydrogen-bond donors (Lipinski definition) is 0. The fourth-order valence-corrected chi connectivity index (χ4v) is 2.96. The van der Waals surface area contributed by atoms with E-state index in [1.807, 2.05) is 18.7 Å². The molecule has 2 rings (SSSR count). The summed E-state index contributed by atoms with van der Waals surface area (Å²) in [6.45, 7) is 7.57. The van der Waals surface area contributed by atoms with E-state index in [-0.39, 0.29) is 6.03 Å². The maximum Gasteiger partial charge on any atom is 0.320 e. The zero-order chi connectivity index (χ0) is 11.7. The third kappa shape index (κ3) is 1.90. The van der Waals surface area contributed by atoms with Gasteiger partial charge in [-0.2, -0.15) is 0 Å². The topological polar surface area (TPSA) is 26.8 Å². The molecule has 0 aromatic rings. The first-order valence-corrected chi connectivity index (χ1v) is 6.43. The molecule has 2 fully saturated rings.